The first-order valence-corrected chi connectivity index (χ1v) is 10.9. The molecule has 0 atom stereocenters. The van der Waals surface area contributed by atoms with E-state index in [9.17, 15) is 0 Å². The summed E-state index contributed by atoms with van der Waals surface area (Å²) in [6.07, 6.45) is 3.72. The minimum absolute atomic E-state index is 0.619. The second-order valence-electron chi connectivity index (χ2n) is 8.71. The van der Waals surface area contributed by atoms with Gasteiger partial charge >= 0.3 is 0 Å². The predicted molar refractivity (Wildman–Crippen MR) is 127 cm³/mol. The van der Waals surface area contributed by atoms with E-state index in [1.165, 1.54) is 11.1 Å². The van der Waals surface area contributed by atoms with Crippen LogP contribution in [0.2, 0.25) is 0 Å². The summed E-state index contributed by atoms with van der Waals surface area (Å²) in [4.78, 5) is 9.44. The first kappa shape index (κ1) is 19.5. The van der Waals surface area contributed by atoms with Gasteiger partial charge in [0.25, 0.3) is 0 Å². The fraction of sp³-hybridized carbons (Fsp3) is 0.214. The molecule has 0 aliphatic carbocycles. The molecule has 3 nitrogen and oxygen atoms in total. The Hall–Kier alpha value is -3.46. The number of pyridine rings is 2. The van der Waals surface area contributed by atoms with Crippen molar-refractivity contribution in [1.29, 1.82) is 0 Å². The lowest BCUT2D eigenvalue weighted by Gasteiger charge is -2.07. The third kappa shape index (κ3) is 3.96. The van der Waals surface area contributed by atoms with E-state index in [4.69, 9.17) is 9.40 Å². The zero-order valence-corrected chi connectivity index (χ0v) is 18.2. The molecule has 0 unspecified atom stereocenters. The minimum atomic E-state index is 0.619. The van der Waals surface area contributed by atoms with E-state index >= 15 is 0 Å². The van der Waals surface area contributed by atoms with Gasteiger partial charge in [0.1, 0.15) is 5.58 Å². The molecule has 0 spiro atoms. The molecule has 0 radical (unpaired) electrons. The zero-order valence-electron chi connectivity index (χ0n) is 18.2. The summed E-state index contributed by atoms with van der Waals surface area (Å²) in [6, 6.07) is 23.2. The van der Waals surface area contributed by atoms with Crippen molar-refractivity contribution in [2.75, 3.05) is 0 Å². The molecule has 0 N–H and O–H groups in total. The van der Waals surface area contributed by atoms with Crippen LogP contribution < -0.4 is 0 Å². The topological polar surface area (TPSA) is 38.9 Å². The van der Waals surface area contributed by atoms with Crippen LogP contribution in [0.3, 0.4) is 0 Å². The molecule has 2 aromatic carbocycles. The molecule has 0 bridgehead atoms. The van der Waals surface area contributed by atoms with Gasteiger partial charge in [0.05, 0.1) is 11.4 Å². The van der Waals surface area contributed by atoms with Crippen molar-refractivity contribution in [3.8, 4) is 11.3 Å². The molecule has 0 aliphatic heterocycles. The van der Waals surface area contributed by atoms with Gasteiger partial charge < -0.3 is 4.42 Å². The van der Waals surface area contributed by atoms with E-state index in [1.807, 2.05) is 19.2 Å². The smallest absolute Gasteiger partial charge is 0.157 e. The van der Waals surface area contributed by atoms with Crippen molar-refractivity contribution in [2.45, 2.75) is 33.6 Å². The lowest BCUT2D eigenvalue weighted by molar-refractivity contribution is 0.647. The van der Waals surface area contributed by atoms with Crippen molar-refractivity contribution in [1.82, 2.24) is 9.97 Å². The molecule has 0 saturated carbocycles. The van der Waals surface area contributed by atoms with Crippen LogP contribution in [-0.4, -0.2) is 9.97 Å². The van der Waals surface area contributed by atoms with Crippen LogP contribution >= 0.6 is 0 Å². The number of benzene rings is 2. The minimum Gasteiger partial charge on any atom is -0.454 e. The molecular formula is C28H26N2O. The van der Waals surface area contributed by atoms with E-state index in [-0.39, 0.29) is 0 Å². The van der Waals surface area contributed by atoms with Crippen LogP contribution in [0.25, 0.3) is 33.2 Å². The summed E-state index contributed by atoms with van der Waals surface area (Å²) >= 11 is 0. The van der Waals surface area contributed by atoms with Crippen molar-refractivity contribution in [2.24, 2.45) is 5.92 Å². The molecule has 31 heavy (non-hydrogen) atoms. The summed E-state index contributed by atoms with van der Waals surface area (Å²) < 4.78 is 6.30. The Bertz CT molecular complexity index is 1370. The number of rotatable bonds is 5. The van der Waals surface area contributed by atoms with E-state index in [2.05, 4.69) is 79.5 Å². The lowest BCUT2D eigenvalue weighted by atomic mass is 10.0. The Morgan fingerprint density at radius 2 is 1.71 bits per heavy atom. The third-order valence-corrected chi connectivity index (χ3v) is 5.63. The summed E-state index contributed by atoms with van der Waals surface area (Å²) in [7, 11) is 0. The summed E-state index contributed by atoms with van der Waals surface area (Å²) in [5.74, 6) is 0.619. The van der Waals surface area contributed by atoms with Crippen LogP contribution in [0.15, 0.2) is 77.3 Å². The first-order chi connectivity index (χ1) is 15.1. The van der Waals surface area contributed by atoms with Gasteiger partial charge in [-0.2, -0.15) is 0 Å². The Morgan fingerprint density at radius 3 is 2.52 bits per heavy atom. The van der Waals surface area contributed by atoms with Gasteiger partial charge in [0.15, 0.2) is 5.58 Å². The number of aromatic nitrogens is 2. The lowest BCUT2D eigenvalue weighted by Crippen LogP contribution is -1.95. The number of fused-ring (bicyclic) bond motifs is 3. The number of hydrogen-bond donors (Lipinski definition) is 0. The maximum absolute atomic E-state index is 6.30. The molecule has 0 amide bonds. The molecular weight excluding hydrogens is 380 g/mol. The number of aryl methyl sites for hydroxylation is 1. The van der Waals surface area contributed by atoms with Crippen molar-refractivity contribution < 1.29 is 4.42 Å². The largest absolute Gasteiger partial charge is 0.454 e. The molecule has 0 fully saturated rings. The fourth-order valence-corrected chi connectivity index (χ4v) is 4.28. The van der Waals surface area contributed by atoms with Crippen molar-refractivity contribution in [3.05, 3.63) is 95.4 Å². The van der Waals surface area contributed by atoms with Crippen molar-refractivity contribution in [3.63, 3.8) is 0 Å². The highest BCUT2D eigenvalue weighted by atomic mass is 16.3. The average molecular weight is 407 g/mol. The molecule has 154 valence electrons. The van der Waals surface area contributed by atoms with Gasteiger partial charge in [-0.3, -0.25) is 9.97 Å². The highest BCUT2D eigenvalue weighted by Gasteiger charge is 2.15. The van der Waals surface area contributed by atoms with E-state index < -0.39 is 0 Å². The van der Waals surface area contributed by atoms with Gasteiger partial charge in [0.2, 0.25) is 0 Å². The number of hydrogen-bond acceptors (Lipinski definition) is 3. The van der Waals surface area contributed by atoms with Crippen LogP contribution in [0.5, 0.6) is 0 Å². The number of nitrogens with zero attached hydrogens (tertiary/aromatic N) is 2. The second-order valence-corrected chi connectivity index (χ2v) is 8.71. The van der Waals surface area contributed by atoms with Gasteiger partial charge in [-0.25, -0.2) is 0 Å². The molecule has 3 aromatic heterocycles. The second kappa shape index (κ2) is 7.99. The van der Waals surface area contributed by atoms with Crippen LogP contribution in [0, 0.1) is 12.8 Å². The van der Waals surface area contributed by atoms with Crippen LogP contribution in [0.4, 0.5) is 0 Å². The van der Waals surface area contributed by atoms with Crippen molar-refractivity contribution >= 4 is 21.9 Å². The highest BCUT2D eigenvalue weighted by molar-refractivity contribution is 6.07. The average Bonchev–Trinajstić information content (AvgIpc) is 3.12. The molecule has 0 aliphatic rings. The molecule has 0 saturated heterocycles. The Morgan fingerprint density at radius 1 is 0.871 bits per heavy atom. The van der Waals surface area contributed by atoms with Gasteiger partial charge in [-0.05, 0) is 66.8 Å². The molecule has 5 rings (SSSR count). The predicted octanol–water partition coefficient (Wildman–Crippen LogP) is 7.14. The maximum Gasteiger partial charge on any atom is 0.157 e. The van der Waals surface area contributed by atoms with Gasteiger partial charge in [-0.1, -0.05) is 44.2 Å². The number of furan rings is 1. The monoisotopic (exact) mass is 406 g/mol. The molecule has 3 heteroatoms. The summed E-state index contributed by atoms with van der Waals surface area (Å²) in [6.45, 7) is 6.54. The molecule has 3 heterocycles. The highest BCUT2D eigenvalue weighted by Crippen LogP contribution is 2.34. The van der Waals surface area contributed by atoms with Gasteiger partial charge in [0, 0.05) is 34.6 Å². The Kier molecular flexibility index (Phi) is 5.03. The van der Waals surface area contributed by atoms with E-state index in [1.54, 1.807) is 0 Å². The normalized spacial score (nSPS) is 11.6. The first-order valence-electron chi connectivity index (χ1n) is 10.9. The standard InChI is InChI=1S/C28H26N2O/c1-18(2)13-21-11-12-29-25(16-21)22-9-10-27-23(17-22)24-14-19(3)30-26(28(24)31-27)15-20-7-5-4-6-8-20/h4-12,14,16-18H,13,15H2,1-3H3. The Balaban J connectivity index is 1.61. The SMILES string of the molecule is Cc1cc2c(oc3ccc(-c4cc(CC(C)C)ccn4)cc32)c(Cc2ccccc2)n1. The zero-order chi connectivity index (χ0) is 21.4. The fourth-order valence-electron chi connectivity index (χ4n) is 4.28. The summed E-state index contributed by atoms with van der Waals surface area (Å²) in [5.41, 5.74) is 8.42. The van der Waals surface area contributed by atoms with E-state index in [0.717, 1.165) is 57.4 Å². The quantitative estimate of drug-likeness (QED) is 0.311. The molecule has 5 aromatic rings. The Labute approximate surface area is 182 Å². The van der Waals surface area contributed by atoms with Crippen LogP contribution in [0.1, 0.15) is 36.4 Å². The van der Waals surface area contributed by atoms with Gasteiger partial charge in [-0.15, -0.1) is 0 Å². The third-order valence-electron chi connectivity index (χ3n) is 5.63. The van der Waals surface area contributed by atoms with Crippen LogP contribution in [-0.2, 0) is 12.8 Å². The van der Waals surface area contributed by atoms with E-state index in [0.29, 0.717) is 5.92 Å². The maximum atomic E-state index is 6.30. The summed E-state index contributed by atoms with van der Waals surface area (Å²) in [5, 5.41) is 2.23.